The Balaban J connectivity index is 1.54. The fourth-order valence-corrected chi connectivity index (χ4v) is 7.30. The minimum absolute atomic E-state index is 0.0822. The van der Waals surface area contributed by atoms with Crippen LogP contribution in [0.25, 0.3) is 0 Å². The molecule has 0 fully saturated rings. The highest BCUT2D eigenvalue weighted by atomic mass is 16.1. The Labute approximate surface area is 316 Å². The van der Waals surface area contributed by atoms with Gasteiger partial charge in [0.2, 0.25) is 0 Å². The smallest absolute Gasteiger partial charge is 0.193 e. The van der Waals surface area contributed by atoms with Crippen molar-refractivity contribution in [2.45, 2.75) is 55.4 Å². The van der Waals surface area contributed by atoms with E-state index < -0.39 is 5.78 Å². The number of carbonyl (C=O) groups is 5. The molecule has 0 saturated carbocycles. The highest BCUT2D eigenvalue weighted by Crippen LogP contribution is 2.26. The molecule has 0 heterocycles. The van der Waals surface area contributed by atoms with Crippen LogP contribution >= 0.6 is 0 Å². The molecular weight excluding hydrogens is 669 g/mol. The molecule has 6 aromatic rings. The number of ketones is 5. The van der Waals surface area contributed by atoms with Crippen LogP contribution in [-0.4, -0.2) is 28.9 Å². The lowest BCUT2D eigenvalue weighted by molar-refractivity contribution is 0.102. The molecule has 0 N–H and O–H groups in total. The first-order valence-corrected chi connectivity index (χ1v) is 17.9. The van der Waals surface area contributed by atoms with Crippen molar-refractivity contribution in [1.82, 2.24) is 0 Å². The van der Waals surface area contributed by atoms with Crippen LogP contribution in [0, 0.1) is 55.4 Å². The molecule has 0 aliphatic carbocycles. The van der Waals surface area contributed by atoms with Crippen LogP contribution < -0.4 is 0 Å². The Morgan fingerprint density at radius 1 is 0.204 bits per heavy atom. The van der Waals surface area contributed by atoms with Crippen molar-refractivity contribution in [2.24, 2.45) is 0 Å². The molecule has 0 atom stereocenters. The monoisotopic (exact) mass is 710 g/mol. The molecular formula is C49H42O5. The minimum Gasteiger partial charge on any atom is -0.289 e. The summed E-state index contributed by atoms with van der Waals surface area (Å²) in [5, 5.41) is 0. The summed E-state index contributed by atoms with van der Waals surface area (Å²) in [6.07, 6.45) is 0. The Morgan fingerprint density at radius 2 is 0.315 bits per heavy atom. The molecule has 0 unspecified atom stereocenters. The van der Waals surface area contributed by atoms with Gasteiger partial charge in [0.05, 0.1) is 0 Å². The van der Waals surface area contributed by atoms with Crippen LogP contribution in [-0.2, 0) is 0 Å². The fourth-order valence-electron chi connectivity index (χ4n) is 7.30. The van der Waals surface area contributed by atoms with E-state index in [0.29, 0.717) is 22.3 Å². The normalized spacial score (nSPS) is 11.0. The van der Waals surface area contributed by atoms with Gasteiger partial charge in [0, 0.05) is 55.6 Å². The van der Waals surface area contributed by atoms with Crippen molar-refractivity contribution in [2.75, 3.05) is 0 Å². The van der Waals surface area contributed by atoms with Gasteiger partial charge in [0.15, 0.2) is 28.9 Å². The quantitative estimate of drug-likeness (QED) is 0.132. The van der Waals surface area contributed by atoms with Crippen molar-refractivity contribution in [3.8, 4) is 0 Å². The minimum atomic E-state index is -0.538. The van der Waals surface area contributed by atoms with E-state index in [1.807, 2.05) is 79.7 Å². The first-order valence-electron chi connectivity index (χ1n) is 17.9. The van der Waals surface area contributed by atoms with E-state index in [9.17, 15) is 24.0 Å². The molecule has 6 aromatic carbocycles. The van der Waals surface area contributed by atoms with Gasteiger partial charge in [0.1, 0.15) is 0 Å². The standard InChI is InChI=1S/C49H42O5/c1-27-9-28(2)14-35(13-27)45(50)39-21-40(46(51)36-15-29(3)10-30(4)16-36)24-43(23-39)49(54)44-25-41(47(52)37-17-31(5)11-32(6)18-37)22-42(26-44)48(53)38-19-33(7)12-34(8)20-38/h9-26H,1-8H3. The Kier molecular flexibility index (Phi) is 10.4. The Bertz CT molecular complexity index is 2150. The van der Waals surface area contributed by atoms with Gasteiger partial charge in [-0.3, -0.25) is 24.0 Å². The van der Waals surface area contributed by atoms with Crippen molar-refractivity contribution in [3.05, 3.63) is 209 Å². The van der Waals surface area contributed by atoms with Gasteiger partial charge in [-0.05, 0) is 140 Å². The fraction of sp³-hybridized carbons (Fsp3) is 0.163. The van der Waals surface area contributed by atoms with Crippen molar-refractivity contribution in [1.29, 1.82) is 0 Å². The molecule has 54 heavy (non-hydrogen) atoms. The number of hydrogen-bond donors (Lipinski definition) is 0. The summed E-state index contributed by atoms with van der Waals surface area (Å²) in [6.45, 7) is 15.2. The van der Waals surface area contributed by atoms with E-state index >= 15 is 0 Å². The lowest BCUT2D eigenvalue weighted by Crippen LogP contribution is -2.13. The summed E-state index contributed by atoms with van der Waals surface area (Å²) in [5.41, 5.74) is 9.84. The Hall–Kier alpha value is -6.33. The van der Waals surface area contributed by atoms with E-state index in [1.165, 1.54) is 36.4 Å². The maximum Gasteiger partial charge on any atom is 0.193 e. The average molecular weight is 711 g/mol. The molecule has 0 bridgehead atoms. The highest BCUT2D eigenvalue weighted by molar-refractivity contribution is 6.20. The Morgan fingerprint density at radius 3 is 0.444 bits per heavy atom. The number of carbonyl (C=O) groups excluding carboxylic acids is 5. The molecule has 268 valence electrons. The average Bonchev–Trinajstić information content (AvgIpc) is 3.11. The van der Waals surface area contributed by atoms with Crippen LogP contribution in [0.2, 0.25) is 0 Å². The molecule has 5 heteroatoms. The first kappa shape index (κ1) is 37.4. The van der Waals surface area contributed by atoms with Gasteiger partial charge in [-0.2, -0.15) is 0 Å². The number of hydrogen-bond acceptors (Lipinski definition) is 5. The SMILES string of the molecule is Cc1cc(C)cc(C(=O)c2cc(C(=O)c3cc(C)cc(C)c3)cc(C(=O)c3cc(C(=O)c4cc(C)cc(C)c4)cc(C(=O)c4cc(C)cc(C)c4)c3)c2)c1. The van der Waals surface area contributed by atoms with Crippen molar-refractivity contribution in [3.63, 3.8) is 0 Å². The second kappa shape index (κ2) is 15.0. The second-order valence-electron chi connectivity index (χ2n) is 14.7. The van der Waals surface area contributed by atoms with Gasteiger partial charge in [-0.1, -0.05) is 68.8 Å². The molecule has 6 rings (SSSR count). The third kappa shape index (κ3) is 8.16. The predicted octanol–water partition coefficient (Wildman–Crippen LogP) is 10.3. The zero-order chi connectivity index (χ0) is 39.0. The van der Waals surface area contributed by atoms with E-state index in [1.54, 1.807) is 48.5 Å². The second-order valence-corrected chi connectivity index (χ2v) is 14.7. The largest absolute Gasteiger partial charge is 0.289 e. The van der Waals surface area contributed by atoms with Crippen LogP contribution in [0.5, 0.6) is 0 Å². The van der Waals surface area contributed by atoms with Gasteiger partial charge >= 0.3 is 0 Å². The highest BCUT2D eigenvalue weighted by Gasteiger charge is 2.23. The number of benzene rings is 6. The molecule has 0 aliphatic heterocycles. The van der Waals surface area contributed by atoms with Crippen molar-refractivity contribution >= 4 is 28.9 Å². The molecule has 0 spiro atoms. The molecule has 0 amide bonds. The van der Waals surface area contributed by atoms with E-state index in [4.69, 9.17) is 0 Å². The van der Waals surface area contributed by atoms with Gasteiger partial charge in [0.25, 0.3) is 0 Å². The molecule has 0 radical (unpaired) electrons. The first-order chi connectivity index (χ1) is 25.5. The predicted molar refractivity (Wildman–Crippen MR) is 214 cm³/mol. The molecule has 5 nitrogen and oxygen atoms in total. The third-order valence-electron chi connectivity index (χ3n) is 9.37. The maximum absolute atomic E-state index is 14.7. The summed E-state index contributed by atoms with van der Waals surface area (Å²) >= 11 is 0. The van der Waals surface area contributed by atoms with Gasteiger partial charge in [-0.15, -0.1) is 0 Å². The topological polar surface area (TPSA) is 85.3 Å². The van der Waals surface area contributed by atoms with E-state index in [2.05, 4.69) is 0 Å². The van der Waals surface area contributed by atoms with Gasteiger partial charge < -0.3 is 0 Å². The summed E-state index contributed by atoms with van der Waals surface area (Å²) < 4.78 is 0. The van der Waals surface area contributed by atoms with Crippen LogP contribution in [0.4, 0.5) is 0 Å². The van der Waals surface area contributed by atoms with Crippen LogP contribution in [0.3, 0.4) is 0 Å². The molecule has 0 saturated heterocycles. The lowest BCUT2D eigenvalue weighted by atomic mass is 9.89. The molecule has 0 aromatic heterocycles. The van der Waals surface area contributed by atoms with E-state index in [0.717, 1.165) is 44.5 Å². The summed E-state index contributed by atoms with van der Waals surface area (Å²) in [6, 6.07) is 31.1. The number of rotatable bonds is 10. The summed E-state index contributed by atoms with van der Waals surface area (Å²) in [4.78, 5) is 71.0. The zero-order valence-corrected chi connectivity index (χ0v) is 31.9. The van der Waals surface area contributed by atoms with Crippen molar-refractivity contribution < 1.29 is 24.0 Å². The number of aryl methyl sites for hydroxylation is 8. The van der Waals surface area contributed by atoms with E-state index in [-0.39, 0.29) is 56.5 Å². The maximum atomic E-state index is 14.7. The molecule has 0 aliphatic rings. The van der Waals surface area contributed by atoms with Crippen LogP contribution in [0.1, 0.15) is 124 Å². The van der Waals surface area contributed by atoms with Crippen LogP contribution in [0.15, 0.2) is 109 Å². The lowest BCUT2D eigenvalue weighted by Gasteiger charge is -2.13. The van der Waals surface area contributed by atoms with Gasteiger partial charge in [-0.25, -0.2) is 0 Å². The zero-order valence-electron chi connectivity index (χ0n) is 31.9. The summed E-state index contributed by atoms with van der Waals surface area (Å²) in [5.74, 6) is -1.89. The summed E-state index contributed by atoms with van der Waals surface area (Å²) in [7, 11) is 0. The third-order valence-corrected chi connectivity index (χ3v) is 9.37.